The molecule has 0 atom stereocenters. The fraction of sp³-hybridized carbons (Fsp3) is 0.400. The molecule has 25 heavy (non-hydrogen) atoms. The molecule has 3 aliphatic heterocycles. The van der Waals surface area contributed by atoms with Crippen LogP contribution in [0.25, 0.3) is 0 Å². The molecule has 0 saturated carbocycles. The summed E-state index contributed by atoms with van der Waals surface area (Å²) in [6.45, 7) is 3.01. The van der Waals surface area contributed by atoms with E-state index < -0.39 is 7.32 Å². The van der Waals surface area contributed by atoms with Gasteiger partial charge >= 0.3 is 7.32 Å². The summed E-state index contributed by atoms with van der Waals surface area (Å²) < 4.78 is 22.0. The van der Waals surface area contributed by atoms with Gasteiger partial charge < -0.3 is 28.9 Å². The van der Waals surface area contributed by atoms with E-state index in [1.165, 1.54) is 0 Å². The maximum atomic E-state index is 9.25. The normalized spacial score (nSPS) is 18.7. The highest BCUT2D eigenvalue weighted by Crippen LogP contribution is 2.31. The number of benzene rings is 1. The van der Waals surface area contributed by atoms with E-state index in [9.17, 15) is 10.0 Å². The fourth-order valence-electron chi connectivity index (χ4n) is 2.88. The maximum absolute atomic E-state index is 9.25. The van der Waals surface area contributed by atoms with Crippen molar-refractivity contribution in [2.75, 3.05) is 39.5 Å². The first-order valence-electron chi connectivity index (χ1n) is 7.96. The third kappa shape index (κ3) is 3.05. The van der Waals surface area contributed by atoms with E-state index in [2.05, 4.69) is 15.0 Å². The van der Waals surface area contributed by atoms with Gasteiger partial charge in [-0.1, -0.05) is 0 Å². The molecule has 1 aromatic carbocycles. The number of hydrogen-bond acceptors (Lipinski definition) is 9. The van der Waals surface area contributed by atoms with Crippen LogP contribution in [0.1, 0.15) is 16.7 Å². The Balaban J connectivity index is 1.93. The van der Waals surface area contributed by atoms with Crippen molar-refractivity contribution in [3.63, 3.8) is 0 Å². The lowest BCUT2D eigenvalue weighted by atomic mass is 9.98. The molecule has 9 nitrogen and oxygen atoms in total. The number of ether oxygens (including phenoxy) is 3. The summed E-state index contributed by atoms with van der Waals surface area (Å²) in [5.41, 5.74) is 1.69. The van der Waals surface area contributed by atoms with E-state index in [0.29, 0.717) is 73.8 Å². The summed E-state index contributed by atoms with van der Waals surface area (Å²) in [6.07, 6.45) is 0. The van der Waals surface area contributed by atoms with Gasteiger partial charge in [-0.2, -0.15) is 0 Å². The first-order valence-corrected chi connectivity index (χ1v) is 7.96. The van der Waals surface area contributed by atoms with Crippen LogP contribution in [-0.4, -0.2) is 74.5 Å². The second kappa shape index (κ2) is 6.73. The molecule has 1 aromatic rings. The number of aliphatic imine (C=N–C) groups is 3. The first kappa shape index (κ1) is 15.9. The highest BCUT2D eigenvalue weighted by atomic mass is 16.6. The highest BCUT2D eigenvalue weighted by Gasteiger charge is 2.31. The molecule has 0 radical (unpaired) electrons. The molecule has 130 valence electrons. The van der Waals surface area contributed by atoms with Crippen LogP contribution < -0.4 is 4.65 Å². The van der Waals surface area contributed by atoms with Gasteiger partial charge in [-0.3, -0.25) is 0 Å². The smallest absolute Gasteiger partial charge is 0.511 e. The van der Waals surface area contributed by atoms with Crippen LogP contribution >= 0.6 is 0 Å². The van der Waals surface area contributed by atoms with E-state index >= 15 is 0 Å². The molecular formula is C15H16BN3O6. The molecule has 0 spiro atoms. The van der Waals surface area contributed by atoms with Gasteiger partial charge in [0.05, 0.1) is 36.3 Å². The Morgan fingerprint density at radius 1 is 0.800 bits per heavy atom. The number of rotatable bonds is 5. The average molecular weight is 345 g/mol. The van der Waals surface area contributed by atoms with E-state index in [-0.39, 0.29) is 5.75 Å². The van der Waals surface area contributed by atoms with Gasteiger partial charge in [0, 0.05) is 0 Å². The van der Waals surface area contributed by atoms with E-state index in [4.69, 9.17) is 18.9 Å². The van der Waals surface area contributed by atoms with Crippen molar-refractivity contribution in [2.45, 2.75) is 0 Å². The molecule has 0 aliphatic carbocycles. The zero-order valence-corrected chi connectivity index (χ0v) is 13.3. The minimum Gasteiger partial charge on any atom is -0.511 e. The van der Waals surface area contributed by atoms with Crippen molar-refractivity contribution in [3.8, 4) is 5.75 Å². The maximum Gasteiger partial charge on any atom is 0.707 e. The van der Waals surface area contributed by atoms with Crippen LogP contribution in [-0.2, 0) is 14.2 Å². The molecule has 0 amide bonds. The van der Waals surface area contributed by atoms with Crippen LogP contribution in [0, 0.1) is 0 Å². The van der Waals surface area contributed by atoms with Gasteiger partial charge in [0.2, 0.25) is 17.7 Å². The van der Waals surface area contributed by atoms with Crippen molar-refractivity contribution in [1.82, 2.24) is 0 Å². The molecule has 0 saturated heterocycles. The van der Waals surface area contributed by atoms with Crippen molar-refractivity contribution in [1.29, 1.82) is 0 Å². The lowest BCUT2D eigenvalue weighted by Gasteiger charge is -2.18. The van der Waals surface area contributed by atoms with Gasteiger partial charge in [-0.15, -0.1) is 0 Å². The molecule has 0 fully saturated rings. The second-order valence-electron chi connectivity index (χ2n) is 5.41. The van der Waals surface area contributed by atoms with Crippen LogP contribution in [0.5, 0.6) is 5.75 Å². The van der Waals surface area contributed by atoms with Gasteiger partial charge in [-0.05, 0) is 12.1 Å². The topological polar surface area (TPSA) is 114 Å². The van der Waals surface area contributed by atoms with Crippen molar-refractivity contribution in [2.24, 2.45) is 15.0 Å². The first-order chi connectivity index (χ1) is 12.2. The second-order valence-corrected chi connectivity index (χ2v) is 5.41. The largest absolute Gasteiger partial charge is 0.707 e. The summed E-state index contributed by atoms with van der Waals surface area (Å²) in [4.78, 5) is 13.1. The minimum absolute atomic E-state index is 0.200. The Hall–Kier alpha value is -2.59. The lowest BCUT2D eigenvalue weighted by molar-refractivity contribution is 0.286. The van der Waals surface area contributed by atoms with Crippen LogP contribution in [0.2, 0.25) is 0 Å². The van der Waals surface area contributed by atoms with Gasteiger partial charge in [0.25, 0.3) is 0 Å². The lowest BCUT2D eigenvalue weighted by Crippen LogP contribution is -2.25. The third-order valence-electron chi connectivity index (χ3n) is 3.81. The van der Waals surface area contributed by atoms with Gasteiger partial charge in [-0.25, -0.2) is 15.0 Å². The molecular weight excluding hydrogens is 329 g/mol. The zero-order valence-electron chi connectivity index (χ0n) is 13.3. The Bertz CT molecular complexity index is 777. The highest BCUT2D eigenvalue weighted by molar-refractivity contribution is 6.34. The van der Waals surface area contributed by atoms with Crippen molar-refractivity contribution >= 4 is 25.0 Å². The van der Waals surface area contributed by atoms with Gasteiger partial charge in [0.15, 0.2) is 0 Å². The molecule has 0 bridgehead atoms. The van der Waals surface area contributed by atoms with Crippen LogP contribution in [0.15, 0.2) is 27.1 Å². The Morgan fingerprint density at radius 2 is 1.36 bits per heavy atom. The zero-order chi connectivity index (χ0) is 17.2. The van der Waals surface area contributed by atoms with Crippen LogP contribution in [0.4, 0.5) is 0 Å². The van der Waals surface area contributed by atoms with Crippen molar-refractivity contribution < 1.29 is 28.9 Å². The minimum atomic E-state index is -1.98. The Morgan fingerprint density at radius 3 is 1.88 bits per heavy atom. The summed E-state index contributed by atoms with van der Waals surface area (Å²) in [5.74, 6) is 1.42. The van der Waals surface area contributed by atoms with E-state index in [1.54, 1.807) is 12.1 Å². The SMILES string of the molecule is OB(O)Oc1ccc(C2=NCCO2)c(C2=NCCO2)c1C1=NCCO1. The molecule has 4 rings (SSSR count). The van der Waals surface area contributed by atoms with E-state index in [0.717, 1.165) is 0 Å². The predicted octanol–water partition coefficient (Wildman–Crippen LogP) is -0.635. The van der Waals surface area contributed by atoms with Crippen LogP contribution in [0.3, 0.4) is 0 Å². The van der Waals surface area contributed by atoms with Gasteiger partial charge in [0.1, 0.15) is 25.6 Å². The average Bonchev–Trinajstić information content (AvgIpc) is 3.35. The molecule has 0 unspecified atom stereocenters. The summed E-state index contributed by atoms with van der Waals surface area (Å²) >= 11 is 0. The quantitative estimate of drug-likeness (QED) is 0.687. The standard InChI is InChI=1S/C15H16BN3O6/c20-16(21)25-10-2-1-9(13-17-3-6-22-13)11(14-18-4-7-23-14)12(10)15-19-5-8-24-15/h1-2,20-21H,3-8H2. The monoisotopic (exact) mass is 345 g/mol. The van der Waals surface area contributed by atoms with Crippen molar-refractivity contribution in [3.05, 3.63) is 28.8 Å². The summed E-state index contributed by atoms with van der Waals surface area (Å²) in [7, 11) is -1.98. The van der Waals surface area contributed by atoms with E-state index in [1.807, 2.05) is 0 Å². The Labute approximate surface area is 143 Å². The molecule has 10 heteroatoms. The molecule has 2 N–H and O–H groups in total. The molecule has 3 aliphatic rings. The number of hydrogen-bond donors (Lipinski definition) is 2. The Kier molecular flexibility index (Phi) is 4.28. The predicted molar refractivity (Wildman–Crippen MR) is 89.3 cm³/mol. The molecule has 3 heterocycles. The fourth-order valence-corrected chi connectivity index (χ4v) is 2.88. The summed E-state index contributed by atoms with van der Waals surface area (Å²) in [6, 6.07) is 3.32. The molecule has 0 aromatic heterocycles. The third-order valence-corrected chi connectivity index (χ3v) is 3.81. The summed E-state index contributed by atoms with van der Waals surface area (Å²) in [5, 5.41) is 18.5. The number of nitrogens with zero attached hydrogens (tertiary/aromatic N) is 3.